The Hall–Kier alpha value is -2.50. The Kier molecular flexibility index (Phi) is 3.93. The molecule has 106 valence electrons. The third-order valence-corrected chi connectivity index (χ3v) is 3.12. The van der Waals surface area contributed by atoms with E-state index in [0.29, 0.717) is 18.7 Å². The molecule has 0 bridgehead atoms. The fourth-order valence-corrected chi connectivity index (χ4v) is 2.00. The van der Waals surface area contributed by atoms with Gasteiger partial charge in [0.2, 0.25) is 0 Å². The second kappa shape index (κ2) is 5.64. The van der Waals surface area contributed by atoms with Crippen molar-refractivity contribution < 1.29 is 9.90 Å². The van der Waals surface area contributed by atoms with Gasteiger partial charge in [-0.05, 0) is 24.1 Å². The highest BCUT2D eigenvalue weighted by atomic mass is 16.3. The number of nitrogens with two attached hydrogens (primary N) is 1. The summed E-state index contributed by atoms with van der Waals surface area (Å²) < 4.78 is 0. The van der Waals surface area contributed by atoms with E-state index in [1.54, 1.807) is 25.2 Å². The Morgan fingerprint density at radius 1 is 1.50 bits per heavy atom. The molecule has 0 spiro atoms. The minimum absolute atomic E-state index is 0.177. The average molecular weight is 274 g/mol. The van der Waals surface area contributed by atoms with Crippen molar-refractivity contribution in [3.8, 4) is 5.75 Å². The highest BCUT2D eigenvalue weighted by Gasteiger charge is 2.20. The van der Waals surface area contributed by atoms with E-state index in [1.165, 1.54) is 4.90 Å². The van der Waals surface area contributed by atoms with Crippen LogP contribution in [0.3, 0.4) is 0 Å². The van der Waals surface area contributed by atoms with Gasteiger partial charge in [-0.2, -0.15) is 5.10 Å². The Morgan fingerprint density at radius 3 is 2.85 bits per heavy atom. The molecular weight excluding hydrogens is 256 g/mol. The molecule has 0 atom stereocenters. The number of aromatic hydroxyl groups is 1. The molecule has 6 heteroatoms. The molecule has 1 aromatic carbocycles. The number of rotatable bonds is 4. The second-order valence-electron chi connectivity index (χ2n) is 4.65. The van der Waals surface area contributed by atoms with Crippen LogP contribution in [0.25, 0.3) is 0 Å². The maximum Gasteiger partial charge on any atom is 0.276 e. The van der Waals surface area contributed by atoms with Crippen LogP contribution in [0, 0.1) is 0 Å². The van der Waals surface area contributed by atoms with Gasteiger partial charge in [0, 0.05) is 13.6 Å². The van der Waals surface area contributed by atoms with Gasteiger partial charge in [0.15, 0.2) is 5.69 Å². The predicted octanol–water partition coefficient (Wildman–Crippen LogP) is 1.53. The first-order valence-corrected chi connectivity index (χ1v) is 6.39. The molecule has 0 fully saturated rings. The van der Waals surface area contributed by atoms with Crippen molar-refractivity contribution in [2.75, 3.05) is 12.8 Å². The largest absolute Gasteiger partial charge is 0.508 e. The van der Waals surface area contributed by atoms with E-state index < -0.39 is 0 Å². The van der Waals surface area contributed by atoms with E-state index in [0.717, 1.165) is 11.3 Å². The van der Waals surface area contributed by atoms with Crippen LogP contribution >= 0.6 is 0 Å². The summed E-state index contributed by atoms with van der Waals surface area (Å²) >= 11 is 0. The number of amides is 1. The number of nitrogen functional groups attached to an aromatic ring is 1. The van der Waals surface area contributed by atoms with Crippen LogP contribution in [0.2, 0.25) is 0 Å². The molecule has 0 saturated heterocycles. The summed E-state index contributed by atoms with van der Waals surface area (Å²) in [6, 6.07) is 6.79. The van der Waals surface area contributed by atoms with Crippen molar-refractivity contribution in [3.63, 3.8) is 0 Å². The molecule has 0 aliphatic heterocycles. The minimum atomic E-state index is -0.248. The maximum atomic E-state index is 12.3. The van der Waals surface area contributed by atoms with Gasteiger partial charge in [0.1, 0.15) is 5.75 Å². The van der Waals surface area contributed by atoms with Crippen LogP contribution in [0.1, 0.15) is 28.7 Å². The van der Waals surface area contributed by atoms with E-state index in [2.05, 4.69) is 10.2 Å². The third-order valence-electron chi connectivity index (χ3n) is 3.12. The minimum Gasteiger partial charge on any atom is -0.508 e. The number of anilines is 1. The van der Waals surface area contributed by atoms with Gasteiger partial charge in [-0.1, -0.05) is 19.1 Å². The molecule has 2 aromatic rings. The Morgan fingerprint density at radius 2 is 2.25 bits per heavy atom. The van der Waals surface area contributed by atoms with Crippen molar-refractivity contribution >= 4 is 11.6 Å². The number of hydrogen-bond acceptors (Lipinski definition) is 4. The van der Waals surface area contributed by atoms with Crippen LogP contribution < -0.4 is 5.73 Å². The van der Waals surface area contributed by atoms with Gasteiger partial charge in [-0.3, -0.25) is 9.89 Å². The van der Waals surface area contributed by atoms with Crippen LogP contribution in [0.15, 0.2) is 24.3 Å². The second-order valence-corrected chi connectivity index (χ2v) is 4.65. The zero-order valence-electron chi connectivity index (χ0n) is 11.6. The van der Waals surface area contributed by atoms with E-state index in [-0.39, 0.29) is 17.4 Å². The molecule has 0 aliphatic carbocycles. The van der Waals surface area contributed by atoms with Gasteiger partial charge in [-0.15, -0.1) is 0 Å². The number of aromatic nitrogens is 2. The molecule has 0 saturated carbocycles. The number of phenols is 1. The summed E-state index contributed by atoms with van der Waals surface area (Å²) in [4.78, 5) is 13.8. The van der Waals surface area contributed by atoms with E-state index in [4.69, 9.17) is 5.73 Å². The molecule has 20 heavy (non-hydrogen) atoms. The highest BCUT2D eigenvalue weighted by Crippen LogP contribution is 2.18. The molecular formula is C14H18N4O2. The first kappa shape index (κ1) is 13.9. The van der Waals surface area contributed by atoms with Crippen molar-refractivity contribution in [2.45, 2.75) is 19.9 Å². The maximum absolute atomic E-state index is 12.3. The van der Waals surface area contributed by atoms with Crippen molar-refractivity contribution in [2.24, 2.45) is 0 Å². The molecule has 2 rings (SSSR count). The van der Waals surface area contributed by atoms with Crippen LogP contribution in [-0.2, 0) is 13.0 Å². The lowest BCUT2D eigenvalue weighted by molar-refractivity contribution is 0.0780. The molecule has 6 nitrogen and oxygen atoms in total. The molecule has 0 unspecified atom stereocenters. The Labute approximate surface area is 117 Å². The topological polar surface area (TPSA) is 95.2 Å². The van der Waals surface area contributed by atoms with Gasteiger partial charge in [0.25, 0.3) is 5.91 Å². The van der Waals surface area contributed by atoms with Crippen molar-refractivity contribution in [1.82, 2.24) is 15.1 Å². The number of phenolic OH excluding ortho intramolecular Hbond substituents is 1. The van der Waals surface area contributed by atoms with E-state index in [9.17, 15) is 9.90 Å². The van der Waals surface area contributed by atoms with Crippen molar-refractivity contribution in [1.29, 1.82) is 0 Å². The molecule has 4 N–H and O–H groups in total. The summed E-state index contributed by atoms with van der Waals surface area (Å²) in [5, 5.41) is 16.2. The number of aryl methyl sites for hydroxylation is 1. The highest BCUT2D eigenvalue weighted by molar-refractivity contribution is 5.97. The molecule has 0 radical (unpaired) electrons. The standard InChI is InChI=1S/C14H18N4O2/c1-3-11-12(15)13(17-16-11)14(20)18(2)8-9-5-4-6-10(19)7-9/h4-7,19H,3,8,15H2,1-2H3,(H,16,17). The third kappa shape index (κ3) is 2.74. The fraction of sp³-hybridized carbons (Fsp3) is 0.286. The summed E-state index contributed by atoms with van der Waals surface area (Å²) in [7, 11) is 1.67. The summed E-state index contributed by atoms with van der Waals surface area (Å²) in [5.41, 5.74) is 8.13. The number of carbonyl (C=O) groups excluding carboxylic acids is 1. The van der Waals surface area contributed by atoms with Crippen LogP contribution in [0.5, 0.6) is 5.75 Å². The normalized spacial score (nSPS) is 10.5. The number of H-pyrrole nitrogens is 1. The zero-order chi connectivity index (χ0) is 14.7. The van der Waals surface area contributed by atoms with Gasteiger partial charge in [0.05, 0.1) is 11.4 Å². The van der Waals surface area contributed by atoms with Gasteiger partial charge in [-0.25, -0.2) is 0 Å². The zero-order valence-corrected chi connectivity index (χ0v) is 11.6. The van der Waals surface area contributed by atoms with E-state index >= 15 is 0 Å². The Balaban J connectivity index is 2.14. The van der Waals surface area contributed by atoms with E-state index in [1.807, 2.05) is 13.0 Å². The smallest absolute Gasteiger partial charge is 0.276 e. The number of carbonyl (C=O) groups is 1. The van der Waals surface area contributed by atoms with Gasteiger partial charge < -0.3 is 15.7 Å². The number of hydrogen-bond donors (Lipinski definition) is 3. The lowest BCUT2D eigenvalue weighted by atomic mass is 10.2. The fourth-order valence-electron chi connectivity index (χ4n) is 2.00. The number of nitrogens with one attached hydrogen (secondary N) is 1. The lowest BCUT2D eigenvalue weighted by Gasteiger charge is -2.16. The lowest BCUT2D eigenvalue weighted by Crippen LogP contribution is -2.27. The monoisotopic (exact) mass is 274 g/mol. The molecule has 1 amide bonds. The SMILES string of the molecule is CCc1[nH]nc(C(=O)N(C)Cc2cccc(O)c2)c1N. The predicted molar refractivity (Wildman–Crippen MR) is 76.3 cm³/mol. The van der Waals surface area contributed by atoms with Crippen molar-refractivity contribution in [3.05, 3.63) is 41.2 Å². The summed E-state index contributed by atoms with van der Waals surface area (Å²) in [6.45, 7) is 2.32. The molecule has 1 heterocycles. The number of aromatic amines is 1. The van der Waals surface area contributed by atoms with Gasteiger partial charge >= 0.3 is 0 Å². The quantitative estimate of drug-likeness (QED) is 0.788. The average Bonchev–Trinajstić information content (AvgIpc) is 2.79. The first-order chi connectivity index (χ1) is 9.52. The number of benzene rings is 1. The molecule has 1 aromatic heterocycles. The molecule has 0 aliphatic rings. The summed E-state index contributed by atoms with van der Waals surface area (Å²) in [6.07, 6.45) is 0.697. The van der Waals surface area contributed by atoms with Crippen LogP contribution in [0.4, 0.5) is 5.69 Å². The number of nitrogens with zero attached hydrogens (tertiary/aromatic N) is 2. The van der Waals surface area contributed by atoms with Crippen LogP contribution in [-0.4, -0.2) is 33.2 Å². The summed E-state index contributed by atoms with van der Waals surface area (Å²) in [5.74, 6) is -0.0716. The first-order valence-electron chi connectivity index (χ1n) is 6.39. The Bertz CT molecular complexity index is 621.